The van der Waals surface area contributed by atoms with Crippen molar-refractivity contribution in [3.63, 3.8) is 0 Å². The topological polar surface area (TPSA) is 43.9 Å². The monoisotopic (exact) mass is 465 g/mol. The average molecular weight is 466 g/mol. The van der Waals surface area contributed by atoms with E-state index in [0.717, 1.165) is 95.1 Å². The van der Waals surface area contributed by atoms with Crippen molar-refractivity contribution in [2.75, 3.05) is 67.0 Å². The van der Waals surface area contributed by atoms with Gasteiger partial charge in [0, 0.05) is 45.2 Å². The fourth-order valence-corrected chi connectivity index (χ4v) is 5.37. The lowest BCUT2D eigenvalue weighted by atomic mass is 10.00. The Morgan fingerprint density at radius 3 is 2.48 bits per heavy atom. The molecule has 2 unspecified atom stereocenters. The highest BCUT2D eigenvalue weighted by atomic mass is 16.2. The molecule has 0 spiro atoms. The normalized spacial score (nSPS) is 22.2. The van der Waals surface area contributed by atoms with E-state index in [4.69, 9.17) is 0 Å². The zero-order chi connectivity index (χ0) is 24.3. The molecule has 2 heterocycles. The van der Waals surface area contributed by atoms with Crippen LogP contribution in [-0.2, 0) is 9.59 Å². The number of nitrogens with zero attached hydrogens (tertiary/aromatic N) is 4. The van der Waals surface area contributed by atoms with Crippen molar-refractivity contribution >= 4 is 11.8 Å². The van der Waals surface area contributed by atoms with Gasteiger partial charge in [-0.3, -0.25) is 14.5 Å². The van der Waals surface area contributed by atoms with Gasteiger partial charge >= 0.3 is 0 Å². The van der Waals surface area contributed by atoms with Gasteiger partial charge < -0.3 is 14.3 Å². The van der Waals surface area contributed by atoms with E-state index < -0.39 is 0 Å². The second-order valence-electron chi connectivity index (χ2n) is 11.5. The van der Waals surface area contributed by atoms with Crippen LogP contribution in [0.25, 0.3) is 0 Å². The highest BCUT2D eigenvalue weighted by Crippen LogP contribution is 2.28. The molecule has 0 aromatic carbocycles. The molecule has 0 aliphatic carbocycles. The molecule has 192 valence electrons. The number of carbonyl (C=O) groups is 2. The van der Waals surface area contributed by atoms with E-state index in [9.17, 15) is 9.59 Å². The van der Waals surface area contributed by atoms with E-state index in [0.29, 0.717) is 30.3 Å². The van der Waals surface area contributed by atoms with Crippen LogP contribution < -0.4 is 0 Å². The molecule has 0 aromatic heterocycles. The molecule has 2 aliphatic rings. The van der Waals surface area contributed by atoms with Crippen molar-refractivity contribution in [1.82, 2.24) is 14.7 Å². The number of quaternary nitrogens is 1. The van der Waals surface area contributed by atoms with Gasteiger partial charge in [0.25, 0.3) is 0 Å². The summed E-state index contributed by atoms with van der Waals surface area (Å²) in [5, 5.41) is 0. The van der Waals surface area contributed by atoms with Crippen LogP contribution in [0.15, 0.2) is 0 Å². The molecule has 33 heavy (non-hydrogen) atoms. The summed E-state index contributed by atoms with van der Waals surface area (Å²) in [6.45, 7) is 10.9. The van der Waals surface area contributed by atoms with Gasteiger partial charge in [0.1, 0.15) is 0 Å². The summed E-state index contributed by atoms with van der Waals surface area (Å²) in [7, 11) is 6.70. The number of unbranched alkanes of at least 4 members (excludes halogenated alkanes) is 2. The molecule has 2 atom stereocenters. The summed E-state index contributed by atoms with van der Waals surface area (Å²) in [6.07, 6.45) is 12.0. The maximum absolute atomic E-state index is 13.3. The second-order valence-corrected chi connectivity index (χ2v) is 11.5. The molecular weight excluding hydrogens is 412 g/mol. The number of hydrogen-bond donors (Lipinski definition) is 0. The zero-order valence-corrected chi connectivity index (χ0v) is 22.5. The van der Waals surface area contributed by atoms with Crippen LogP contribution in [0.5, 0.6) is 0 Å². The number of amides is 2. The predicted octanol–water partition coefficient (Wildman–Crippen LogP) is 3.99. The Morgan fingerprint density at radius 1 is 1.06 bits per heavy atom. The van der Waals surface area contributed by atoms with Crippen LogP contribution in [0.3, 0.4) is 0 Å². The Hall–Kier alpha value is -1.14. The summed E-state index contributed by atoms with van der Waals surface area (Å²) in [4.78, 5) is 32.1. The van der Waals surface area contributed by atoms with Crippen LogP contribution in [0.4, 0.5) is 0 Å². The van der Waals surface area contributed by atoms with E-state index >= 15 is 0 Å². The van der Waals surface area contributed by atoms with E-state index in [1.54, 1.807) is 0 Å². The molecule has 6 heteroatoms. The summed E-state index contributed by atoms with van der Waals surface area (Å²) in [5.74, 6) is 1.36. The fourth-order valence-electron chi connectivity index (χ4n) is 5.37. The van der Waals surface area contributed by atoms with Gasteiger partial charge in [-0.05, 0) is 57.3 Å². The molecule has 2 saturated heterocycles. The highest BCUT2D eigenvalue weighted by Gasteiger charge is 2.33. The molecule has 2 aliphatic heterocycles. The number of piperidine rings is 1. The SMILES string of the molecule is CCCCN(CCCC[N+](C)(C)C)C(=O)CN1CC(CC)CC1CCCN1CCCCC1=O. The van der Waals surface area contributed by atoms with Gasteiger partial charge in [-0.25, -0.2) is 0 Å². The van der Waals surface area contributed by atoms with Gasteiger partial charge in [-0.2, -0.15) is 0 Å². The highest BCUT2D eigenvalue weighted by molar-refractivity contribution is 5.78. The van der Waals surface area contributed by atoms with Gasteiger partial charge in [-0.1, -0.05) is 26.7 Å². The van der Waals surface area contributed by atoms with Crippen molar-refractivity contribution in [2.45, 2.75) is 90.5 Å². The third-order valence-electron chi connectivity index (χ3n) is 7.56. The maximum Gasteiger partial charge on any atom is 0.236 e. The van der Waals surface area contributed by atoms with Crippen molar-refractivity contribution in [3.05, 3.63) is 0 Å². The first-order chi connectivity index (χ1) is 15.7. The van der Waals surface area contributed by atoms with Crippen LogP contribution in [0, 0.1) is 5.92 Å². The van der Waals surface area contributed by atoms with Crippen LogP contribution in [-0.4, -0.2) is 104 Å². The van der Waals surface area contributed by atoms with Crippen LogP contribution >= 0.6 is 0 Å². The summed E-state index contributed by atoms with van der Waals surface area (Å²) < 4.78 is 0.986. The lowest BCUT2D eigenvalue weighted by molar-refractivity contribution is -0.870. The predicted molar refractivity (Wildman–Crippen MR) is 137 cm³/mol. The molecule has 2 rings (SSSR count). The van der Waals surface area contributed by atoms with Crippen LogP contribution in [0.1, 0.15) is 84.5 Å². The Morgan fingerprint density at radius 2 is 1.82 bits per heavy atom. The Kier molecular flexibility index (Phi) is 12.2. The first kappa shape index (κ1) is 28.1. The average Bonchev–Trinajstić information content (AvgIpc) is 3.15. The lowest BCUT2D eigenvalue weighted by Gasteiger charge is -2.30. The molecule has 0 radical (unpaired) electrons. The summed E-state index contributed by atoms with van der Waals surface area (Å²) >= 11 is 0. The van der Waals surface area contributed by atoms with Crippen molar-refractivity contribution in [3.8, 4) is 0 Å². The maximum atomic E-state index is 13.3. The minimum Gasteiger partial charge on any atom is -0.343 e. The minimum absolute atomic E-state index is 0.321. The Bertz CT molecular complexity index is 589. The molecule has 2 amide bonds. The van der Waals surface area contributed by atoms with Crippen molar-refractivity contribution in [2.24, 2.45) is 5.92 Å². The Balaban J connectivity index is 1.85. The summed E-state index contributed by atoms with van der Waals surface area (Å²) in [5.41, 5.74) is 0. The summed E-state index contributed by atoms with van der Waals surface area (Å²) in [6, 6.07) is 0.491. The van der Waals surface area contributed by atoms with E-state index in [1.165, 1.54) is 19.3 Å². The fraction of sp³-hybridized carbons (Fsp3) is 0.926. The number of likely N-dealkylation sites (tertiary alicyclic amines) is 2. The molecule has 0 saturated carbocycles. The van der Waals surface area contributed by atoms with Gasteiger partial charge in [0.15, 0.2) is 0 Å². The van der Waals surface area contributed by atoms with E-state index in [-0.39, 0.29) is 0 Å². The van der Waals surface area contributed by atoms with Gasteiger partial charge in [0.2, 0.25) is 11.8 Å². The van der Waals surface area contributed by atoms with Crippen molar-refractivity contribution in [1.29, 1.82) is 0 Å². The number of carbonyl (C=O) groups excluding carboxylic acids is 2. The molecular formula is C27H53N4O2+. The third-order valence-corrected chi connectivity index (χ3v) is 7.56. The molecule has 0 bridgehead atoms. The van der Waals surface area contributed by atoms with Gasteiger partial charge in [-0.15, -0.1) is 0 Å². The minimum atomic E-state index is 0.321. The Labute approximate surface area is 204 Å². The zero-order valence-electron chi connectivity index (χ0n) is 22.5. The van der Waals surface area contributed by atoms with E-state index in [1.807, 2.05) is 0 Å². The molecule has 0 N–H and O–H groups in total. The molecule has 6 nitrogen and oxygen atoms in total. The number of hydrogen-bond acceptors (Lipinski definition) is 3. The first-order valence-electron chi connectivity index (χ1n) is 13.8. The first-order valence-corrected chi connectivity index (χ1v) is 13.8. The lowest BCUT2D eigenvalue weighted by Crippen LogP contribution is -2.43. The molecule has 0 aromatic rings. The number of rotatable bonds is 15. The van der Waals surface area contributed by atoms with Crippen LogP contribution in [0.2, 0.25) is 0 Å². The molecule has 2 fully saturated rings. The third kappa shape index (κ3) is 10.3. The van der Waals surface area contributed by atoms with Gasteiger partial charge in [0.05, 0.1) is 34.2 Å². The smallest absolute Gasteiger partial charge is 0.236 e. The second kappa shape index (κ2) is 14.3. The van der Waals surface area contributed by atoms with Crippen molar-refractivity contribution < 1.29 is 14.1 Å². The van der Waals surface area contributed by atoms with E-state index in [2.05, 4.69) is 49.7 Å². The largest absolute Gasteiger partial charge is 0.343 e. The quantitative estimate of drug-likeness (QED) is 0.271. The standard InChI is InChI=1S/C27H53N4O2/c1-6-8-16-29(18-11-12-20-31(3,4)5)27(33)23-30-22-24(7-2)21-25(30)14-13-19-28-17-10-9-15-26(28)32/h24-25H,6-23H2,1-5H3/q+1.